The molecule has 0 spiro atoms. The number of methoxy groups -OCH3 is 2. The molecular formula is C46H55F2N9O6. The molecule has 0 aliphatic carbocycles. The number of aromatic amines is 2. The minimum Gasteiger partial charge on any atom is -0.453 e. The van der Waals surface area contributed by atoms with Crippen molar-refractivity contribution in [3.63, 3.8) is 0 Å². The molecule has 0 radical (unpaired) electrons. The van der Waals surface area contributed by atoms with Gasteiger partial charge in [-0.05, 0) is 97.9 Å². The number of carbonyl (C=O) groups excluding carboxylic acids is 4. The van der Waals surface area contributed by atoms with Crippen molar-refractivity contribution in [2.75, 3.05) is 32.2 Å². The SMILES string of the molecule is COC(=O)N[C@H](C(=O)N1CCC[C@H]1c1nc2ccc(C3CC[C@H](c4ccc5nc([C@@H]6CCCN6C(=O)[C@@H](NC(=O)OC)C(C)C)[nH]c5c4)N3c3ccc(F)c(F)c3)cc2[nH]1)C(C)C. The molecular weight excluding hydrogens is 813 g/mol. The van der Waals surface area contributed by atoms with Crippen LogP contribution in [0.2, 0.25) is 0 Å². The number of benzene rings is 3. The van der Waals surface area contributed by atoms with E-state index in [2.05, 4.69) is 25.5 Å². The van der Waals surface area contributed by atoms with Gasteiger partial charge in [-0.15, -0.1) is 0 Å². The fraction of sp³-hybridized carbons (Fsp3) is 0.478. The highest BCUT2D eigenvalue weighted by Gasteiger charge is 2.40. The number of H-pyrrole nitrogens is 2. The molecule has 3 fully saturated rings. The zero-order valence-corrected chi connectivity index (χ0v) is 36.4. The van der Waals surface area contributed by atoms with Gasteiger partial charge in [-0.2, -0.15) is 0 Å². The number of amides is 4. The predicted octanol–water partition coefficient (Wildman–Crippen LogP) is 7.89. The van der Waals surface area contributed by atoms with Crippen LogP contribution in [0.1, 0.15) is 113 Å². The molecule has 1 unspecified atom stereocenters. The summed E-state index contributed by atoms with van der Waals surface area (Å²) in [5.74, 6) is -1.26. The van der Waals surface area contributed by atoms with E-state index in [9.17, 15) is 28.0 Å². The molecule has 3 aliphatic heterocycles. The molecule has 2 aromatic heterocycles. The minimum atomic E-state index is -0.937. The number of nitrogens with one attached hydrogen (secondary N) is 4. The molecule has 6 atom stereocenters. The lowest BCUT2D eigenvalue weighted by atomic mass is 10.0. The number of anilines is 1. The molecule has 4 amide bonds. The van der Waals surface area contributed by atoms with Crippen LogP contribution >= 0.6 is 0 Å². The van der Waals surface area contributed by atoms with Crippen molar-refractivity contribution in [3.8, 4) is 0 Å². The molecule has 8 rings (SSSR count). The van der Waals surface area contributed by atoms with Gasteiger partial charge in [0.15, 0.2) is 11.6 Å². The number of aromatic nitrogens is 4. The lowest BCUT2D eigenvalue weighted by Crippen LogP contribution is -2.51. The van der Waals surface area contributed by atoms with Gasteiger partial charge in [0.1, 0.15) is 23.7 Å². The maximum atomic E-state index is 15.0. The quantitative estimate of drug-likeness (QED) is 0.103. The second kappa shape index (κ2) is 17.8. The molecule has 334 valence electrons. The van der Waals surface area contributed by atoms with Crippen molar-refractivity contribution in [1.82, 2.24) is 40.4 Å². The number of hydrogen-bond acceptors (Lipinski definition) is 9. The first kappa shape index (κ1) is 43.4. The van der Waals surface area contributed by atoms with Crippen LogP contribution in [0.3, 0.4) is 0 Å². The third kappa shape index (κ3) is 8.48. The number of likely N-dealkylation sites (tertiary alicyclic amines) is 2. The highest BCUT2D eigenvalue weighted by atomic mass is 19.2. The summed E-state index contributed by atoms with van der Waals surface area (Å²) in [5.41, 5.74) is 5.51. The van der Waals surface area contributed by atoms with Crippen LogP contribution in [0.25, 0.3) is 22.1 Å². The zero-order chi connectivity index (χ0) is 44.7. The Hall–Kier alpha value is -6.26. The summed E-state index contributed by atoms with van der Waals surface area (Å²) in [6, 6.07) is 13.5. The van der Waals surface area contributed by atoms with E-state index in [0.717, 1.165) is 52.1 Å². The highest BCUT2D eigenvalue weighted by Crippen LogP contribution is 2.48. The van der Waals surface area contributed by atoms with Crippen molar-refractivity contribution in [2.45, 2.75) is 102 Å². The topological polar surface area (TPSA) is 178 Å². The summed E-state index contributed by atoms with van der Waals surface area (Å²) >= 11 is 0. The number of ether oxygens (including phenoxy) is 2. The number of imidazole rings is 2. The third-order valence-electron chi connectivity index (χ3n) is 12.9. The minimum absolute atomic E-state index is 0.162. The van der Waals surface area contributed by atoms with E-state index >= 15 is 0 Å². The van der Waals surface area contributed by atoms with E-state index in [1.165, 1.54) is 20.3 Å². The van der Waals surface area contributed by atoms with E-state index in [4.69, 9.17) is 19.4 Å². The second-order valence-electron chi connectivity index (χ2n) is 17.5. The molecule has 17 heteroatoms. The van der Waals surface area contributed by atoms with Crippen LogP contribution in [0.5, 0.6) is 0 Å². The van der Waals surface area contributed by atoms with Crippen LogP contribution in [0.4, 0.5) is 24.1 Å². The maximum Gasteiger partial charge on any atom is 0.407 e. The van der Waals surface area contributed by atoms with Gasteiger partial charge in [0, 0.05) is 24.8 Å². The molecule has 3 saturated heterocycles. The monoisotopic (exact) mass is 867 g/mol. The summed E-state index contributed by atoms with van der Waals surface area (Å²) in [6.07, 6.45) is 3.10. The lowest BCUT2D eigenvalue weighted by Gasteiger charge is -2.33. The number of rotatable bonds is 11. The van der Waals surface area contributed by atoms with Gasteiger partial charge in [0.05, 0.1) is 60.5 Å². The van der Waals surface area contributed by atoms with Crippen molar-refractivity contribution in [2.24, 2.45) is 11.8 Å². The first-order valence-electron chi connectivity index (χ1n) is 21.8. The van der Waals surface area contributed by atoms with Gasteiger partial charge in [0.2, 0.25) is 11.8 Å². The molecule has 4 N–H and O–H groups in total. The van der Waals surface area contributed by atoms with E-state index in [0.29, 0.717) is 56.1 Å². The second-order valence-corrected chi connectivity index (χ2v) is 17.5. The van der Waals surface area contributed by atoms with Crippen LogP contribution in [-0.4, -0.2) is 93.1 Å². The van der Waals surface area contributed by atoms with E-state index < -0.39 is 35.9 Å². The van der Waals surface area contributed by atoms with Gasteiger partial charge in [0.25, 0.3) is 0 Å². The van der Waals surface area contributed by atoms with Crippen molar-refractivity contribution < 1.29 is 37.4 Å². The average molecular weight is 868 g/mol. The van der Waals surface area contributed by atoms with Gasteiger partial charge in [-0.25, -0.2) is 28.3 Å². The van der Waals surface area contributed by atoms with Crippen LogP contribution in [-0.2, 0) is 19.1 Å². The normalized spacial score (nSPS) is 21.1. The number of carbonyl (C=O) groups is 4. The van der Waals surface area contributed by atoms with Gasteiger partial charge >= 0.3 is 12.2 Å². The fourth-order valence-electron chi connectivity index (χ4n) is 9.68. The number of hydrogen-bond donors (Lipinski definition) is 4. The molecule has 63 heavy (non-hydrogen) atoms. The van der Waals surface area contributed by atoms with Gasteiger partial charge in [-0.3, -0.25) is 9.59 Å². The van der Waals surface area contributed by atoms with Crippen molar-refractivity contribution in [1.29, 1.82) is 0 Å². The van der Waals surface area contributed by atoms with E-state index in [1.807, 2.05) is 64.1 Å². The summed E-state index contributed by atoms with van der Waals surface area (Å²) in [5, 5.41) is 5.39. The number of nitrogens with zero attached hydrogens (tertiary/aromatic N) is 5. The fourth-order valence-corrected chi connectivity index (χ4v) is 9.68. The first-order chi connectivity index (χ1) is 30.3. The molecule has 15 nitrogen and oxygen atoms in total. The van der Waals surface area contributed by atoms with Gasteiger partial charge < -0.3 is 44.8 Å². The predicted molar refractivity (Wildman–Crippen MR) is 231 cm³/mol. The summed E-state index contributed by atoms with van der Waals surface area (Å²) in [4.78, 5) is 74.4. The molecule has 5 aromatic rings. The van der Waals surface area contributed by atoms with E-state index in [1.54, 1.807) is 15.9 Å². The lowest BCUT2D eigenvalue weighted by molar-refractivity contribution is -0.136. The molecule has 0 saturated carbocycles. The number of halogens is 2. The van der Waals surface area contributed by atoms with Crippen LogP contribution in [0, 0.1) is 23.5 Å². The Morgan fingerprint density at radius 3 is 1.51 bits per heavy atom. The Kier molecular flexibility index (Phi) is 12.3. The maximum absolute atomic E-state index is 15.0. The Morgan fingerprint density at radius 1 is 0.635 bits per heavy atom. The van der Waals surface area contributed by atoms with E-state index in [-0.39, 0.29) is 47.8 Å². The summed E-state index contributed by atoms with van der Waals surface area (Å²) in [6.45, 7) is 8.57. The Bertz CT molecular complexity index is 2380. The third-order valence-corrected chi connectivity index (χ3v) is 12.9. The summed E-state index contributed by atoms with van der Waals surface area (Å²) in [7, 11) is 2.54. The smallest absolute Gasteiger partial charge is 0.407 e. The first-order valence-corrected chi connectivity index (χ1v) is 21.8. The Balaban J connectivity index is 1.07. The summed E-state index contributed by atoms with van der Waals surface area (Å²) < 4.78 is 39.0. The van der Waals surface area contributed by atoms with Crippen LogP contribution < -0.4 is 15.5 Å². The average Bonchev–Trinajstić information content (AvgIpc) is 4.12. The number of fused-ring (bicyclic) bond motifs is 2. The zero-order valence-electron chi connectivity index (χ0n) is 36.4. The molecule has 3 aromatic carbocycles. The Morgan fingerprint density at radius 2 is 1.10 bits per heavy atom. The molecule has 3 aliphatic rings. The van der Waals surface area contributed by atoms with Gasteiger partial charge in [-0.1, -0.05) is 39.8 Å². The largest absolute Gasteiger partial charge is 0.453 e. The Labute approximate surface area is 364 Å². The number of alkyl carbamates (subject to hydrolysis) is 2. The standard InChI is InChI=1S/C46H55F2N9O6/c1-24(2)39(53-45(60)62-5)43(58)55-19-7-9-37(55)41-49-31-15-11-26(21-33(31)51-41)35-17-18-36(57(35)28-13-14-29(47)30(48)23-28)27-12-16-32-34(22-27)52-42(50-32)38-10-8-20-56(38)44(59)40(25(3)4)54-46(61)63-6/h11-16,21-25,35-40H,7-10,17-20H2,1-6H3,(H,49,51)(H,50,52)(H,53,60)(H,54,61)/t35-,36?,37+,38+,39+,40+/m1/s1. The molecule has 0 bridgehead atoms. The van der Waals surface area contributed by atoms with Crippen molar-refractivity contribution >= 4 is 51.8 Å². The van der Waals surface area contributed by atoms with Crippen LogP contribution in [0.15, 0.2) is 54.6 Å². The highest BCUT2D eigenvalue weighted by molar-refractivity contribution is 5.87. The molecule has 5 heterocycles. The van der Waals surface area contributed by atoms with Crippen molar-refractivity contribution in [3.05, 3.63) is 89.0 Å².